The average molecular weight is 156 g/mol. The van der Waals surface area contributed by atoms with Crippen molar-refractivity contribution >= 4 is 18.5 Å². The third kappa shape index (κ3) is 2.11. The van der Waals surface area contributed by atoms with Crippen molar-refractivity contribution in [3.05, 3.63) is 10.5 Å². The summed E-state index contributed by atoms with van der Waals surface area (Å²) in [6.07, 6.45) is 0.551. The number of nitriles is 1. The van der Waals surface area contributed by atoms with Crippen LogP contribution in [0.1, 0.15) is 13.3 Å². The fourth-order valence-corrected chi connectivity index (χ4v) is 0.599. The molecule has 0 aliphatic carbocycles. The Morgan fingerprint density at radius 3 is 2.40 bits per heavy atom. The molecule has 0 atom stereocenters. The molecule has 0 heterocycles. The van der Waals surface area contributed by atoms with E-state index in [1.807, 2.05) is 0 Å². The zero-order valence-electron chi connectivity index (χ0n) is 5.59. The van der Waals surface area contributed by atoms with Crippen LogP contribution in [-0.2, 0) is 4.79 Å². The van der Waals surface area contributed by atoms with Crippen molar-refractivity contribution in [3.8, 4) is 6.07 Å². The van der Waals surface area contributed by atoms with E-state index in [0.717, 1.165) is 0 Å². The molecule has 0 aromatic rings. The van der Waals surface area contributed by atoms with Crippen molar-refractivity contribution in [3.63, 3.8) is 0 Å². The molecule has 0 unspecified atom stereocenters. The van der Waals surface area contributed by atoms with Crippen LogP contribution in [0.5, 0.6) is 0 Å². The summed E-state index contributed by atoms with van der Waals surface area (Å²) in [5.41, 5.74) is 4.81. The minimum absolute atomic E-state index is 0.0502. The second-order valence-corrected chi connectivity index (χ2v) is 2.19. The Balaban J connectivity index is 4.68. The predicted molar refractivity (Wildman–Crippen MR) is 41.1 cm³/mol. The highest BCUT2D eigenvalue weighted by atomic mass is 32.1. The van der Waals surface area contributed by atoms with E-state index in [1.165, 1.54) is 0 Å². The number of hydrogen-bond acceptors (Lipinski definition) is 3. The fraction of sp³-hybridized carbons (Fsp3) is 0.333. The standard InChI is InChI=1S/C6H8N2OS/c1-2-5(10)4(3-7)6(8)9/h10H,2H2,1H3,(H2,8,9). The summed E-state index contributed by atoms with van der Waals surface area (Å²) in [7, 11) is 0. The Morgan fingerprint density at radius 2 is 2.30 bits per heavy atom. The Bertz CT molecular complexity index is 214. The van der Waals surface area contributed by atoms with Gasteiger partial charge in [0.05, 0.1) is 0 Å². The number of thiol groups is 1. The number of primary amides is 1. The smallest absolute Gasteiger partial charge is 0.260 e. The molecule has 54 valence electrons. The van der Waals surface area contributed by atoms with Gasteiger partial charge in [0.15, 0.2) is 0 Å². The van der Waals surface area contributed by atoms with Crippen molar-refractivity contribution in [2.45, 2.75) is 13.3 Å². The van der Waals surface area contributed by atoms with Gasteiger partial charge in [-0.3, -0.25) is 4.79 Å². The molecule has 0 saturated heterocycles. The Kier molecular flexibility index (Phi) is 3.59. The van der Waals surface area contributed by atoms with Crippen LogP contribution in [0.25, 0.3) is 0 Å². The molecule has 0 rings (SSSR count). The Hall–Kier alpha value is -0.950. The molecule has 3 nitrogen and oxygen atoms in total. The maximum atomic E-state index is 10.4. The van der Waals surface area contributed by atoms with Crippen molar-refractivity contribution in [2.24, 2.45) is 5.73 Å². The van der Waals surface area contributed by atoms with Gasteiger partial charge in [0.2, 0.25) is 0 Å². The zero-order valence-corrected chi connectivity index (χ0v) is 6.48. The number of nitrogens with zero attached hydrogens (tertiary/aromatic N) is 1. The molecule has 10 heavy (non-hydrogen) atoms. The summed E-state index contributed by atoms with van der Waals surface area (Å²) in [4.78, 5) is 10.9. The largest absolute Gasteiger partial charge is 0.365 e. The van der Waals surface area contributed by atoms with Gasteiger partial charge in [0, 0.05) is 4.91 Å². The number of carbonyl (C=O) groups is 1. The molecule has 1 amide bonds. The number of rotatable bonds is 2. The lowest BCUT2D eigenvalue weighted by Gasteiger charge is -1.94. The van der Waals surface area contributed by atoms with Crippen LogP contribution in [-0.4, -0.2) is 5.91 Å². The normalized spacial score (nSPS) is 11.7. The maximum absolute atomic E-state index is 10.4. The molecule has 0 aromatic heterocycles. The molecular weight excluding hydrogens is 148 g/mol. The van der Waals surface area contributed by atoms with Crippen molar-refractivity contribution in [1.29, 1.82) is 5.26 Å². The summed E-state index contributed by atoms with van der Waals surface area (Å²) in [5.74, 6) is -0.714. The second-order valence-electron chi connectivity index (χ2n) is 1.65. The van der Waals surface area contributed by atoms with Gasteiger partial charge in [0.25, 0.3) is 5.91 Å². The van der Waals surface area contributed by atoms with Gasteiger partial charge in [-0.1, -0.05) is 6.92 Å². The molecule has 4 heteroatoms. The van der Waals surface area contributed by atoms with E-state index in [9.17, 15) is 4.79 Å². The lowest BCUT2D eigenvalue weighted by molar-refractivity contribution is -0.114. The van der Waals surface area contributed by atoms with Gasteiger partial charge in [0.1, 0.15) is 11.6 Å². The molecule has 2 N–H and O–H groups in total. The summed E-state index contributed by atoms with van der Waals surface area (Å²) < 4.78 is 0. The first-order chi connectivity index (χ1) is 4.63. The third-order valence-electron chi connectivity index (χ3n) is 0.982. The monoisotopic (exact) mass is 156 g/mol. The Labute approximate surface area is 64.9 Å². The van der Waals surface area contributed by atoms with Crippen LogP contribution < -0.4 is 5.73 Å². The Morgan fingerprint density at radius 1 is 1.80 bits per heavy atom. The van der Waals surface area contributed by atoms with Crippen LogP contribution in [0, 0.1) is 11.3 Å². The molecule has 0 spiro atoms. The quantitative estimate of drug-likeness (QED) is 0.349. The number of hydrogen-bond donors (Lipinski definition) is 2. The predicted octanol–water partition coefficient (Wildman–Crippen LogP) is 0.589. The molecule has 0 aliphatic heterocycles. The topological polar surface area (TPSA) is 66.9 Å². The molecule has 0 bridgehead atoms. The third-order valence-corrected chi connectivity index (χ3v) is 1.52. The van der Waals surface area contributed by atoms with Gasteiger partial charge < -0.3 is 5.73 Å². The molecule has 0 saturated carbocycles. The number of nitrogens with two attached hydrogens (primary N) is 1. The molecule has 0 radical (unpaired) electrons. The maximum Gasteiger partial charge on any atom is 0.260 e. The van der Waals surface area contributed by atoms with E-state index in [1.54, 1.807) is 13.0 Å². The minimum atomic E-state index is -0.714. The fourth-order valence-electron chi connectivity index (χ4n) is 0.439. The van der Waals surface area contributed by atoms with Crippen LogP contribution in [0.15, 0.2) is 10.5 Å². The van der Waals surface area contributed by atoms with E-state index in [2.05, 4.69) is 12.6 Å². The van der Waals surface area contributed by atoms with E-state index in [-0.39, 0.29) is 5.57 Å². The molecule has 0 aromatic carbocycles. The minimum Gasteiger partial charge on any atom is -0.365 e. The van der Waals surface area contributed by atoms with Crippen LogP contribution >= 0.6 is 12.6 Å². The first kappa shape index (κ1) is 9.05. The SMILES string of the molecule is CCC(S)=C(C#N)C(N)=O. The van der Waals surface area contributed by atoms with Gasteiger partial charge in [-0.25, -0.2) is 0 Å². The lowest BCUT2D eigenvalue weighted by atomic mass is 10.2. The number of allylic oxidation sites excluding steroid dienone is 1. The first-order valence-electron chi connectivity index (χ1n) is 2.75. The zero-order chi connectivity index (χ0) is 8.15. The second kappa shape index (κ2) is 3.96. The highest BCUT2D eigenvalue weighted by Crippen LogP contribution is 2.10. The highest BCUT2D eigenvalue weighted by molar-refractivity contribution is 7.84. The van der Waals surface area contributed by atoms with Gasteiger partial charge in [-0.2, -0.15) is 5.26 Å². The summed E-state index contributed by atoms with van der Waals surface area (Å²) in [5, 5.41) is 8.34. The van der Waals surface area contributed by atoms with Gasteiger partial charge in [-0.05, 0) is 6.42 Å². The van der Waals surface area contributed by atoms with Gasteiger partial charge >= 0.3 is 0 Å². The molecule has 0 aliphatic rings. The number of carbonyl (C=O) groups excluding carboxylic acids is 1. The van der Waals surface area contributed by atoms with Crippen LogP contribution in [0.4, 0.5) is 0 Å². The molecule has 0 fully saturated rings. The van der Waals surface area contributed by atoms with Crippen molar-refractivity contribution in [2.75, 3.05) is 0 Å². The molecular formula is C6H8N2OS. The van der Waals surface area contributed by atoms with E-state index in [0.29, 0.717) is 11.3 Å². The summed E-state index contributed by atoms with van der Waals surface area (Å²) in [6, 6.07) is 1.68. The van der Waals surface area contributed by atoms with Gasteiger partial charge in [-0.15, -0.1) is 12.6 Å². The highest BCUT2D eigenvalue weighted by Gasteiger charge is 2.06. The van der Waals surface area contributed by atoms with Crippen molar-refractivity contribution in [1.82, 2.24) is 0 Å². The lowest BCUT2D eigenvalue weighted by Crippen LogP contribution is -2.13. The van der Waals surface area contributed by atoms with E-state index in [4.69, 9.17) is 11.0 Å². The summed E-state index contributed by atoms with van der Waals surface area (Å²) in [6.45, 7) is 1.79. The average Bonchev–Trinajstić information content (AvgIpc) is 1.88. The summed E-state index contributed by atoms with van der Waals surface area (Å²) >= 11 is 3.90. The van der Waals surface area contributed by atoms with E-state index >= 15 is 0 Å². The van der Waals surface area contributed by atoms with Crippen LogP contribution in [0.3, 0.4) is 0 Å². The van der Waals surface area contributed by atoms with Crippen molar-refractivity contribution < 1.29 is 4.79 Å². The number of amides is 1. The van der Waals surface area contributed by atoms with E-state index < -0.39 is 5.91 Å². The van der Waals surface area contributed by atoms with Crippen LogP contribution in [0.2, 0.25) is 0 Å². The first-order valence-corrected chi connectivity index (χ1v) is 3.20.